The summed E-state index contributed by atoms with van der Waals surface area (Å²) < 4.78 is 0. The van der Waals surface area contributed by atoms with Gasteiger partial charge >= 0.3 is 0 Å². The van der Waals surface area contributed by atoms with E-state index in [2.05, 4.69) is 29.3 Å². The predicted octanol–water partition coefficient (Wildman–Crippen LogP) is 2.87. The molecule has 1 aliphatic carbocycles. The molecule has 1 atom stereocenters. The van der Waals surface area contributed by atoms with Crippen LogP contribution >= 0.6 is 11.3 Å². The molecule has 6 nitrogen and oxygen atoms in total. The normalized spacial score (nSPS) is 20.5. The van der Waals surface area contributed by atoms with Crippen LogP contribution in [-0.2, 0) is 11.3 Å². The topological polar surface area (TPSA) is 65.5 Å². The van der Waals surface area contributed by atoms with Crippen LogP contribution in [0.2, 0.25) is 0 Å². The van der Waals surface area contributed by atoms with Crippen molar-refractivity contribution in [3.63, 3.8) is 0 Å². The van der Waals surface area contributed by atoms with Gasteiger partial charge in [-0.1, -0.05) is 25.0 Å². The quantitative estimate of drug-likeness (QED) is 0.820. The maximum atomic E-state index is 13.2. The smallest absolute Gasteiger partial charge is 0.264 e. The SMILES string of the molecule is CN(C)C1(CNC(=O)C2CN(C(=O)c3cccs3)Cc3cccnc32)CCCC1. The summed E-state index contributed by atoms with van der Waals surface area (Å²) in [5.41, 5.74) is 1.78. The third-order valence-electron chi connectivity index (χ3n) is 6.43. The van der Waals surface area contributed by atoms with Crippen molar-refractivity contribution in [3.05, 3.63) is 52.0 Å². The molecule has 2 aromatic rings. The van der Waals surface area contributed by atoms with Crippen molar-refractivity contribution < 1.29 is 9.59 Å². The number of nitrogens with zero attached hydrogens (tertiary/aromatic N) is 3. The number of likely N-dealkylation sites (N-methyl/N-ethyl adjacent to an activating group) is 1. The number of hydrogen-bond donors (Lipinski definition) is 1. The lowest BCUT2D eigenvalue weighted by molar-refractivity contribution is -0.123. The van der Waals surface area contributed by atoms with Gasteiger partial charge in [0.2, 0.25) is 5.91 Å². The fraction of sp³-hybridized carbons (Fsp3) is 0.500. The summed E-state index contributed by atoms with van der Waals surface area (Å²) in [6, 6.07) is 7.55. The maximum absolute atomic E-state index is 13.2. The fourth-order valence-electron chi connectivity index (χ4n) is 4.58. The van der Waals surface area contributed by atoms with Gasteiger partial charge in [0.1, 0.15) is 0 Å². The van der Waals surface area contributed by atoms with Gasteiger partial charge in [-0.2, -0.15) is 0 Å². The molecule has 1 unspecified atom stereocenters. The van der Waals surface area contributed by atoms with Gasteiger partial charge in [0, 0.05) is 31.4 Å². The number of rotatable bonds is 5. The first kappa shape index (κ1) is 20.0. The molecule has 3 heterocycles. The Kier molecular flexibility index (Phi) is 5.69. The first-order valence-corrected chi connectivity index (χ1v) is 11.1. The molecule has 2 aromatic heterocycles. The van der Waals surface area contributed by atoms with E-state index in [4.69, 9.17) is 0 Å². The molecule has 7 heteroatoms. The fourth-order valence-corrected chi connectivity index (χ4v) is 5.27. The zero-order chi connectivity index (χ0) is 20.4. The van der Waals surface area contributed by atoms with Crippen LogP contribution in [-0.4, -0.2) is 59.3 Å². The maximum Gasteiger partial charge on any atom is 0.264 e. The van der Waals surface area contributed by atoms with Crippen molar-refractivity contribution in [2.24, 2.45) is 0 Å². The molecular weight excluding hydrogens is 384 g/mol. The van der Waals surface area contributed by atoms with Crippen LogP contribution in [0.5, 0.6) is 0 Å². The van der Waals surface area contributed by atoms with E-state index in [0.717, 1.165) is 24.1 Å². The number of hydrogen-bond acceptors (Lipinski definition) is 5. The average Bonchev–Trinajstić information content (AvgIpc) is 3.43. The lowest BCUT2D eigenvalue weighted by atomic mass is 9.92. The first-order valence-electron chi connectivity index (χ1n) is 10.2. The Morgan fingerprint density at radius 3 is 2.76 bits per heavy atom. The van der Waals surface area contributed by atoms with Crippen molar-refractivity contribution in [2.75, 3.05) is 27.2 Å². The second-order valence-electron chi connectivity index (χ2n) is 8.31. The molecule has 2 aliphatic rings. The standard InChI is InChI=1S/C22H28N4O2S/c1-25(2)22(9-3-4-10-22)15-24-20(27)17-14-26(21(28)18-8-6-12-29-18)13-16-7-5-11-23-19(16)17/h5-8,11-12,17H,3-4,9-10,13-15H2,1-2H3,(H,24,27). The van der Waals surface area contributed by atoms with Crippen molar-refractivity contribution in [1.29, 1.82) is 0 Å². The van der Waals surface area contributed by atoms with Crippen molar-refractivity contribution in [3.8, 4) is 0 Å². The molecule has 0 saturated heterocycles. The molecule has 1 aliphatic heterocycles. The Hall–Kier alpha value is -2.25. The predicted molar refractivity (Wildman–Crippen MR) is 114 cm³/mol. The molecule has 29 heavy (non-hydrogen) atoms. The minimum atomic E-state index is -0.440. The highest BCUT2D eigenvalue weighted by Gasteiger charge is 2.38. The summed E-state index contributed by atoms with van der Waals surface area (Å²) >= 11 is 1.43. The number of fused-ring (bicyclic) bond motifs is 1. The number of carbonyl (C=O) groups excluding carboxylic acids is 2. The van der Waals surface area contributed by atoms with Crippen LogP contribution in [0.25, 0.3) is 0 Å². The molecule has 2 amide bonds. The Bertz CT molecular complexity index is 875. The zero-order valence-electron chi connectivity index (χ0n) is 17.1. The molecule has 0 bridgehead atoms. The average molecular weight is 413 g/mol. The van der Waals surface area contributed by atoms with Gasteiger partial charge in [-0.05, 0) is 50.0 Å². The van der Waals surface area contributed by atoms with Gasteiger partial charge in [0.05, 0.1) is 16.5 Å². The number of nitrogens with one attached hydrogen (secondary N) is 1. The molecular formula is C22H28N4O2S. The summed E-state index contributed by atoms with van der Waals surface area (Å²) in [5, 5.41) is 5.10. The largest absolute Gasteiger partial charge is 0.354 e. The van der Waals surface area contributed by atoms with E-state index in [1.807, 2.05) is 29.6 Å². The van der Waals surface area contributed by atoms with Crippen LogP contribution in [0, 0.1) is 0 Å². The number of pyridine rings is 1. The monoisotopic (exact) mass is 412 g/mol. The van der Waals surface area contributed by atoms with E-state index in [9.17, 15) is 9.59 Å². The van der Waals surface area contributed by atoms with E-state index >= 15 is 0 Å². The van der Waals surface area contributed by atoms with Gasteiger partial charge in [-0.25, -0.2) is 0 Å². The van der Waals surface area contributed by atoms with Crippen LogP contribution in [0.4, 0.5) is 0 Å². The summed E-state index contributed by atoms with van der Waals surface area (Å²) in [4.78, 5) is 35.4. The lowest BCUT2D eigenvalue weighted by Gasteiger charge is -2.38. The van der Waals surface area contributed by atoms with Crippen molar-refractivity contribution in [2.45, 2.75) is 43.7 Å². The third-order valence-corrected chi connectivity index (χ3v) is 7.29. The first-order chi connectivity index (χ1) is 14.0. The Morgan fingerprint density at radius 1 is 1.28 bits per heavy atom. The second kappa shape index (κ2) is 8.24. The van der Waals surface area contributed by atoms with Crippen LogP contribution in [0.1, 0.15) is 52.5 Å². The van der Waals surface area contributed by atoms with Gasteiger partial charge in [0.15, 0.2) is 0 Å². The van der Waals surface area contributed by atoms with Crippen LogP contribution in [0.15, 0.2) is 35.8 Å². The number of thiophene rings is 1. The van der Waals surface area contributed by atoms with E-state index < -0.39 is 5.92 Å². The van der Waals surface area contributed by atoms with Crippen molar-refractivity contribution >= 4 is 23.2 Å². The minimum absolute atomic E-state index is 0.0205. The molecule has 1 fully saturated rings. The van der Waals surface area contributed by atoms with E-state index in [1.165, 1.54) is 24.2 Å². The highest BCUT2D eigenvalue weighted by atomic mass is 32.1. The Balaban J connectivity index is 1.53. The minimum Gasteiger partial charge on any atom is -0.354 e. The molecule has 1 saturated carbocycles. The summed E-state index contributed by atoms with van der Waals surface area (Å²) in [7, 11) is 4.19. The molecule has 4 rings (SSSR count). The molecule has 1 N–H and O–H groups in total. The summed E-state index contributed by atoms with van der Waals surface area (Å²) in [6.07, 6.45) is 6.33. The number of aromatic nitrogens is 1. The van der Waals surface area contributed by atoms with E-state index in [-0.39, 0.29) is 17.4 Å². The number of carbonyl (C=O) groups is 2. The van der Waals surface area contributed by atoms with Crippen LogP contribution < -0.4 is 5.32 Å². The Morgan fingerprint density at radius 2 is 2.07 bits per heavy atom. The Labute approximate surface area is 175 Å². The van der Waals surface area contributed by atoms with Crippen LogP contribution in [0.3, 0.4) is 0 Å². The van der Waals surface area contributed by atoms with Crippen molar-refractivity contribution in [1.82, 2.24) is 20.1 Å². The third kappa shape index (κ3) is 3.94. The van der Waals surface area contributed by atoms with E-state index in [1.54, 1.807) is 11.1 Å². The number of amides is 2. The van der Waals surface area contributed by atoms with Gasteiger partial charge in [-0.3, -0.25) is 14.6 Å². The zero-order valence-corrected chi connectivity index (χ0v) is 17.9. The molecule has 154 valence electrons. The summed E-state index contributed by atoms with van der Waals surface area (Å²) in [5.74, 6) is -0.501. The molecule has 0 radical (unpaired) electrons. The second-order valence-corrected chi connectivity index (χ2v) is 9.25. The highest BCUT2D eigenvalue weighted by Crippen LogP contribution is 2.34. The van der Waals surface area contributed by atoms with Gasteiger partial charge in [0.25, 0.3) is 5.91 Å². The van der Waals surface area contributed by atoms with E-state index in [0.29, 0.717) is 24.5 Å². The molecule has 0 aromatic carbocycles. The lowest BCUT2D eigenvalue weighted by Crippen LogP contribution is -2.52. The highest BCUT2D eigenvalue weighted by molar-refractivity contribution is 7.12. The summed E-state index contributed by atoms with van der Waals surface area (Å²) in [6.45, 7) is 1.49. The molecule has 0 spiro atoms. The van der Waals surface area contributed by atoms with Gasteiger partial charge in [-0.15, -0.1) is 11.3 Å². The van der Waals surface area contributed by atoms with Gasteiger partial charge < -0.3 is 15.1 Å².